The van der Waals surface area contributed by atoms with E-state index in [-0.39, 0.29) is 24.5 Å². The van der Waals surface area contributed by atoms with E-state index >= 15 is 0 Å². The number of rotatable bonds is 16. The summed E-state index contributed by atoms with van der Waals surface area (Å²) in [5, 5.41) is 26.3. The van der Waals surface area contributed by atoms with Crippen molar-refractivity contribution in [1.29, 1.82) is 0 Å². The highest BCUT2D eigenvalue weighted by Gasteiger charge is 2.31. The van der Waals surface area contributed by atoms with Crippen molar-refractivity contribution >= 4 is 41.4 Å². The number of amides is 4. The normalized spacial score (nSPS) is 14.2. The zero-order chi connectivity index (χ0) is 28.1. The van der Waals surface area contributed by atoms with Crippen molar-refractivity contribution in [3.63, 3.8) is 0 Å². The summed E-state index contributed by atoms with van der Waals surface area (Å²) in [5.74, 6) is -3.83. The number of carboxylic acids is 1. The molecule has 4 unspecified atom stereocenters. The summed E-state index contributed by atoms with van der Waals surface area (Å²) >= 11 is 1.51. The van der Waals surface area contributed by atoms with Gasteiger partial charge in [0.2, 0.25) is 23.6 Å². The van der Waals surface area contributed by atoms with Crippen LogP contribution in [0.3, 0.4) is 0 Å². The highest BCUT2D eigenvalue weighted by Crippen LogP contribution is 2.12. The van der Waals surface area contributed by atoms with E-state index in [1.165, 1.54) is 23.9 Å². The molecular weight excluding hydrogens is 502 g/mol. The first-order valence-electron chi connectivity index (χ1n) is 11.8. The molecule has 0 aromatic heterocycles. The third kappa shape index (κ3) is 12.0. The summed E-state index contributed by atoms with van der Waals surface area (Å²) < 4.78 is 0. The summed E-state index contributed by atoms with van der Waals surface area (Å²) in [6.07, 6.45) is 1.78. The van der Waals surface area contributed by atoms with Crippen LogP contribution in [0.25, 0.3) is 0 Å². The van der Waals surface area contributed by atoms with Crippen molar-refractivity contribution in [1.82, 2.24) is 16.0 Å². The molecule has 0 heterocycles. The van der Waals surface area contributed by atoms with E-state index in [0.29, 0.717) is 17.7 Å². The molecule has 0 spiro atoms. The second-order valence-electron chi connectivity index (χ2n) is 9.08. The molecule has 0 saturated heterocycles. The smallest absolute Gasteiger partial charge is 0.326 e. The van der Waals surface area contributed by atoms with Crippen LogP contribution in [0.5, 0.6) is 5.75 Å². The van der Waals surface area contributed by atoms with Crippen LogP contribution < -0.4 is 27.4 Å². The second-order valence-corrected chi connectivity index (χ2v) is 10.1. The molecule has 1 aromatic rings. The third-order valence-electron chi connectivity index (χ3n) is 5.34. The van der Waals surface area contributed by atoms with Gasteiger partial charge in [-0.3, -0.25) is 19.2 Å². The van der Waals surface area contributed by atoms with Crippen LogP contribution in [0.2, 0.25) is 0 Å². The number of aliphatic carboxylic acids is 1. The summed E-state index contributed by atoms with van der Waals surface area (Å²) in [4.78, 5) is 61.9. The minimum atomic E-state index is -1.47. The Bertz CT molecular complexity index is 942. The van der Waals surface area contributed by atoms with Crippen molar-refractivity contribution in [2.75, 3.05) is 12.0 Å². The molecule has 13 heteroatoms. The number of primary amides is 1. The van der Waals surface area contributed by atoms with Crippen LogP contribution in [0.15, 0.2) is 24.3 Å². The van der Waals surface area contributed by atoms with E-state index in [9.17, 15) is 34.2 Å². The zero-order valence-corrected chi connectivity index (χ0v) is 22.0. The number of phenolic OH excluding ortho intramolecular Hbond substituents is 1. The van der Waals surface area contributed by atoms with Crippen molar-refractivity contribution in [3.05, 3.63) is 29.8 Å². The topological polar surface area (TPSA) is 214 Å². The number of thioether (sulfide) groups is 1. The maximum absolute atomic E-state index is 13.2. The lowest BCUT2D eigenvalue weighted by atomic mass is 10.0. The lowest BCUT2D eigenvalue weighted by Crippen LogP contribution is -2.58. The third-order valence-corrected chi connectivity index (χ3v) is 5.98. The number of carbonyl (C=O) groups excluding carboxylic acids is 4. The molecule has 0 radical (unpaired) electrons. The van der Waals surface area contributed by atoms with Gasteiger partial charge in [0.1, 0.15) is 23.9 Å². The predicted molar refractivity (Wildman–Crippen MR) is 139 cm³/mol. The van der Waals surface area contributed by atoms with Gasteiger partial charge in [-0.05, 0) is 48.5 Å². The van der Waals surface area contributed by atoms with E-state index in [1.54, 1.807) is 26.0 Å². The molecule has 1 aromatic carbocycles. The van der Waals surface area contributed by atoms with Crippen LogP contribution >= 0.6 is 11.8 Å². The fourth-order valence-corrected chi connectivity index (χ4v) is 3.87. The molecule has 206 valence electrons. The lowest BCUT2D eigenvalue weighted by molar-refractivity contribution is -0.143. The molecule has 9 N–H and O–H groups in total. The Morgan fingerprint density at radius 3 is 1.97 bits per heavy atom. The van der Waals surface area contributed by atoms with Crippen LogP contribution in [-0.4, -0.2) is 76.0 Å². The van der Waals surface area contributed by atoms with Gasteiger partial charge in [0.15, 0.2) is 0 Å². The quantitative estimate of drug-likeness (QED) is 0.144. The number of benzene rings is 1. The second kappa shape index (κ2) is 15.7. The first-order chi connectivity index (χ1) is 17.3. The van der Waals surface area contributed by atoms with Gasteiger partial charge in [0.05, 0.1) is 12.5 Å². The van der Waals surface area contributed by atoms with Crippen molar-refractivity contribution in [2.24, 2.45) is 17.4 Å². The molecular formula is C24H37N5O7S. The molecule has 0 aliphatic carbocycles. The number of carboxylic acid groups (broad SMARTS) is 1. The summed E-state index contributed by atoms with van der Waals surface area (Å²) in [6.45, 7) is 3.57. The molecule has 12 nitrogen and oxygen atoms in total. The Morgan fingerprint density at radius 2 is 1.46 bits per heavy atom. The van der Waals surface area contributed by atoms with Gasteiger partial charge in [-0.15, -0.1) is 0 Å². The Hall–Kier alpha value is -3.32. The van der Waals surface area contributed by atoms with Gasteiger partial charge in [0.25, 0.3) is 0 Å². The number of hydrogen-bond donors (Lipinski definition) is 7. The van der Waals surface area contributed by atoms with Crippen LogP contribution in [-0.2, 0) is 30.4 Å². The number of aromatic hydroxyl groups is 1. The van der Waals surface area contributed by atoms with E-state index < -0.39 is 60.2 Å². The van der Waals surface area contributed by atoms with Crippen molar-refractivity contribution in [2.45, 2.75) is 63.7 Å². The first-order valence-corrected chi connectivity index (χ1v) is 13.2. The van der Waals surface area contributed by atoms with Gasteiger partial charge in [0, 0.05) is 6.42 Å². The standard InChI is InChI=1S/C24H37N5O7S/c1-13(2)10-19(24(35)36)29-23(34)18(12-20(26)31)28-22(33)17(11-14-4-6-15(30)7-5-14)27-21(32)16(25)8-9-37-3/h4-7,13,16-19,30H,8-12,25H2,1-3H3,(H2,26,31)(H,27,32)(H,28,33)(H,29,34)(H,35,36). The number of nitrogens with one attached hydrogen (secondary N) is 3. The molecule has 0 aliphatic rings. The molecule has 0 aliphatic heterocycles. The molecule has 1 rings (SSSR count). The largest absolute Gasteiger partial charge is 0.508 e. The summed E-state index contributed by atoms with van der Waals surface area (Å²) in [5.41, 5.74) is 11.8. The fraction of sp³-hybridized carbons (Fsp3) is 0.542. The molecule has 4 amide bonds. The minimum absolute atomic E-state index is 0.0108. The summed E-state index contributed by atoms with van der Waals surface area (Å²) in [6, 6.07) is 1.19. The van der Waals surface area contributed by atoms with Gasteiger partial charge in [-0.1, -0.05) is 26.0 Å². The van der Waals surface area contributed by atoms with Crippen molar-refractivity contribution < 1.29 is 34.2 Å². The number of phenols is 1. The van der Waals surface area contributed by atoms with Crippen molar-refractivity contribution in [3.8, 4) is 5.75 Å². The maximum atomic E-state index is 13.2. The molecule has 0 fully saturated rings. The van der Waals surface area contributed by atoms with Gasteiger partial charge in [-0.2, -0.15) is 11.8 Å². The zero-order valence-electron chi connectivity index (χ0n) is 21.2. The predicted octanol–water partition coefficient (Wildman–Crippen LogP) is -0.524. The lowest BCUT2D eigenvalue weighted by Gasteiger charge is -2.25. The highest BCUT2D eigenvalue weighted by molar-refractivity contribution is 7.98. The van der Waals surface area contributed by atoms with E-state index in [4.69, 9.17) is 11.5 Å². The highest BCUT2D eigenvalue weighted by atomic mass is 32.2. The number of carbonyl (C=O) groups is 5. The van der Waals surface area contributed by atoms with Crippen LogP contribution in [0, 0.1) is 5.92 Å². The Labute approximate surface area is 220 Å². The Balaban J connectivity index is 3.13. The average molecular weight is 540 g/mol. The van der Waals surface area contributed by atoms with Gasteiger partial charge >= 0.3 is 5.97 Å². The van der Waals surface area contributed by atoms with E-state index in [2.05, 4.69) is 16.0 Å². The molecule has 0 bridgehead atoms. The fourth-order valence-electron chi connectivity index (χ4n) is 3.38. The van der Waals surface area contributed by atoms with E-state index in [1.807, 2.05) is 6.26 Å². The average Bonchev–Trinajstić information content (AvgIpc) is 2.81. The molecule has 4 atom stereocenters. The first kappa shape index (κ1) is 31.7. The molecule has 37 heavy (non-hydrogen) atoms. The van der Waals surface area contributed by atoms with E-state index in [0.717, 1.165) is 0 Å². The van der Waals surface area contributed by atoms with Gasteiger partial charge < -0.3 is 37.6 Å². The maximum Gasteiger partial charge on any atom is 0.326 e. The number of nitrogens with two attached hydrogens (primary N) is 2. The monoisotopic (exact) mass is 539 g/mol. The Morgan fingerprint density at radius 1 is 0.919 bits per heavy atom. The summed E-state index contributed by atoms with van der Waals surface area (Å²) in [7, 11) is 0. The minimum Gasteiger partial charge on any atom is -0.508 e. The number of hydrogen-bond acceptors (Lipinski definition) is 8. The van der Waals surface area contributed by atoms with Crippen LogP contribution in [0.1, 0.15) is 38.7 Å². The molecule has 0 saturated carbocycles. The van der Waals surface area contributed by atoms with Crippen LogP contribution in [0.4, 0.5) is 0 Å². The Kier molecular flexibility index (Phi) is 13.5. The SMILES string of the molecule is CSCCC(N)C(=O)NC(Cc1ccc(O)cc1)C(=O)NC(CC(N)=O)C(=O)NC(CC(C)C)C(=O)O. The van der Waals surface area contributed by atoms with Gasteiger partial charge in [-0.25, -0.2) is 4.79 Å².